The molecule has 1 saturated carbocycles. The summed E-state index contributed by atoms with van der Waals surface area (Å²) >= 11 is 0. The molecule has 0 heterocycles. The van der Waals surface area contributed by atoms with Crippen molar-refractivity contribution in [2.24, 2.45) is 5.92 Å². The smallest absolute Gasteiger partial charge is 0.417 e. The van der Waals surface area contributed by atoms with Gasteiger partial charge in [0.2, 0.25) is 0 Å². The fourth-order valence-corrected chi connectivity index (χ4v) is 1.80. The van der Waals surface area contributed by atoms with Crippen LogP contribution < -0.4 is 0 Å². The van der Waals surface area contributed by atoms with Crippen molar-refractivity contribution in [1.82, 2.24) is 0 Å². The Bertz CT molecular complexity index is 238. The van der Waals surface area contributed by atoms with Gasteiger partial charge in [-0.3, -0.25) is 4.79 Å². The number of carboxylic acids is 1. The summed E-state index contributed by atoms with van der Waals surface area (Å²) in [5.41, 5.74) is -2.67. The molecule has 3 nitrogen and oxygen atoms in total. The average molecular weight is 212 g/mol. The monoisotopic (exact) mass is 212 g/mol. The van der Waals surface area contributed by atoms with Gasteiger partial charge in [-0.25, -0.2) is 0 Å². The second-order valence-corrected chi connectivity index (χ2v) is 3.74. The molecule has 1 aliphatic rings. The Labute approximate surface area is 78.5 Å². The molecule has 0 saturated heterocycles. The molecule has 1 fully saturated rings. The van der Waals surface area contributed by atoms with Gasteiger partial charge in [-0.15, -0.1) is 0 Å². The van der Waals surface area contributed by atoms with Gasteiger partial charge < -0.3 is 10.2 Å². The molecule has 14 heavy (non-hydrogen) atoms. The summed E-state index contributed by atoms with van der Waals surface area (Å²) < 4.78 is 36.8. The fourth-order valence-electron chi connectivity index (χ4n) is 1.80. The number of alkyl halides is 3. The minimum atomic E-state index is -4.65. The lowest BCUT2D eigenvalue weighted by molar-refractivity contribution is -0.258. The molecular weight excluding hydrogens is 201 g/mol. The summed E-state index contributed by atoms with van der Waals surface area (Å²) in [6, 6.07) is 0. The van der Waals surface area contributed by atoms with Gasteiger partial charge in [0, 0.05) is 6.42 Å². The van der Waals surface area contributed by atoms with Crippen molar-refractivity contribution >= 4 is 5.97 Å². The van der Waals surface area contributed by atoms with Crippen LogP contribution in [0, 0.1) is 5.92 Å². The second kappa shape index (κ2) is 3.42. The van der Waals surface area contributed by atoms with E-state index in [1.54, 1.807) is 0 Å². The van der Waals surface area contributed by atoms with E-state index in [1.807, 2.05) is 0 Å². The minimum Gasteiger partial charge on any atom is -0.481 e. The first-order valence-corrected chi connectivity index (χ1v) is 4.25. The zero-order valence-corrected chi connectivity index (χ0v) is 7.34. The van der Waals surface area contributed by atoms with Gasteiger partial charge in [-0.05, 0) is 25.2 Å². The summed E-state index contributed by atoms with van der Waals surface area (Å²) in [6.07, 6.45) is -5.74. The predicted molar refractivity (Wildman–Crippen MR) is 40.6 cm³/mol. The molecule has 0 spiro atoms. The van der Waals surface area contributed by atoms with Gasteiger partial charge in [-0.2, -0.15) is 13.2 Å². The topological polar surface area (TPSA) is 57.5 Å². The zero-order chi connectivity index (χ0) is 11.0. The largest absolute Gasteiger partial charge is 0.481 e. The highest BCUT2D eigenvalue weighted by molar-refractivity contribution is 5.67. The molecule has 0 bridgehead atoms. The SMILES string of the molecule is O=C(O)CC1CCC(O)(C(F)(F)F)C1. The van der Waals surface area contributed by atoms with E-state index in [0.717, 1.165) is 0 Å². The van der Waals surface area contributed by atoms with Crippen LogP contribution in [0.1, 0.15) is 25.7 Å². The Hall–Kier alpha value is -0.780. The van der Waals surface area contributed by atoms with E-state index >= 15 is 0 Å². The van der Waals surface area contributed by atoms with Crippen LogP contribution in [-0.4, -0.2) is 28.0 Å². The Kier molecular flexibility index (Phi) is 2.76. The molecule has 0 aromatic heterocycles. The number of aliphatic hydroxyl groups is 1. The van der Waals surface area contributed by atoms with Gasteiger partial charge in [0.1, 0.15) is 0 Å². The van der Waals surface area contributed by atoms with Crippen LogP contribution in [0.4, 0.5) is 13.2 Å². The van der Waals surface area contributed by atoms with E-state index in [9.17, 15) is 23.1 Å². The van der Waals surface area contributed by atoms with Crippen LogP contribution in [0.25, 0.3) is 0 Å². The van der Waals surface area contributed by atoms with E-state index in [4.69, 9.17) is 5.11 Å². The molecule has 0 amide bonds. The second-order valence-electron chi connectivity index (χ2n) is 3.74. The van der Waals surface area contributed by atoms with E-state index in [2.05, 4.69) is 0 Å². The van der Waals surface area contributed by atoms with E-state index in [1.165, 1.54) is 0 Å². The lowest BCUT2D eigenvalue weighted by Crippen LogP contribution is -2.42. The molecule has 0 aromatic rings. The summed E-state index contributed by atoms with van der Waals surface area (Å²) in [5.74, 6) is -1.69. The molecule has 2 atom stereocenters. The van der Waals surface area contributed by atoms with Crippen LogP contribution in [-0.2, 0) is 4.79 Å². The Morgan fingerprint density at radius 2 is 2.07 bits per heavy atom. The average Bonchev–Trinajstić information content (AvgIpc) is 2.30. The number of hydrogen-bond donors (Lipinski definition) is 2. The standard InChI is InChI=1S/C8H11F3O3/c9-8(10,11)7(14)2-1-5(4-7)3-6(12)13/h5,14H,1-4H2,(H,12,13). The maximum atomic E-state index is 12.3. The Morgan fingerprint density at radius 1 is 1.50 bits per heavy atom. The van der Waals surface area contributed by atoms with Crippen molar-refractivity contribution in [2.75, 3.05) is 0 Å². The third-order valence-corrected chi connectivity index (χ3v) is 2.58. The zero-order valence-electron chi connectivity index (χ0n) is 7.34. The number of halogens is 3. The third kappa shape index (κ3) is 2.17. The lowest BCUT2D eigenvalue weighted by atomic mass is 9.98. The van der Waals surface area contributed by atoms with Gasteiger partial charge in [-0.1, -0.05) is 0 Å². The van der Waals surface area contributed by atoms with Crippen molar-refractivity contribution in [3.63, 3.8) is 0 Å². The van der Waals surface area contributed by atoms with E-state index in [-0.39, 0.29) is 12.8 Å². The van der Waals surface area contributed by atoms with E-state index in [0.29, 0.717) is 0 Å². The molecule has 0 radical (unpaired) electrons. The summed E-state index contributed by atoms with van der Waals surface area (Å²) in [6.45, 7) is 0. The molecule has 82 valence electrons. The Balaban J connectivity index is 2.60. The molecule has 1 aliphatic carbocycles. The highest BCUT2D eigenvalue weighted by Crippen LogP contribution is 2.46. The summed E-state index contributed by atoms with van der Waals surface area (Å²) in [5, 5.41) is 17.6. The quantitative estimate of drug-likeness (QED) is 0.730. The van der Waals surface area contributed by atoms with Gasteiger partial charge in [0.15, 0.2) is 5.60 Å². The lowest BCUT2D eigenvalue weighted by Gasteiger charge is -2.25. The molecule has 2 N–H and O–H groups in total. The molecule has 0 aromatic carbocycles. The predicted octanol–water partition coefficient (Wildman–Crippen LogP) is 1.55. The van der Waals surface area contributed by atoms with Crippen molar-refractivity contribution < 1.29 is 28.2 Å². The van der Waals surface area contributed by atoms with Crippen molar-refractivity contribution in [1.29, 1.82) is 0 Å². The maximum absolute atomic E-state index is 12.3. The van der Waals surface area contributed by atoms with Gasteiger partial charge in [0.25, 0.3) is 0 Å². The minimum absolute atomic E-state index is 0.113. The number of aliphatic carboxylic acids is 1. The Morgan fingerprint density at radius 3 is 2.43 bits per heavy atom. The van der Waals surface area contributed by atoms with Crippen molar-refractivity contribution in [2.45, 2.75) is 37.5 Å². The van der Waals surface area contributed by atoms with Crippen LogP contribution >= 0.6 is 0 Å². The fraction of sp³-hybridized carbons (Fsp3) is 0.875. The van der Waals surface area contributed by atoms with Crippen LogP contribution in [0.5, 0.6) is 0 Å². The number of hydrogen-bond acceptors (Lipinski definition) is 2. The van der Waals surface area contributed by atoms with Crippen molar-refractivity contribution in [3.05, 3.63) is 0 Å². The summed E-state index contributed by atoms with van der Waals surface area (Å²) in [7, 11) is 0. The molecule has 1 rings (SSSR count). The van der Waals surface area contributed by atoms with Crippen LogP contribution in [0.2, 0.25) is 0 Å². The van der Waals surface area contributed by atoms with Crippen LogP contribution in [0.3, 0.4) is 0 Å². The van der Waals surface area contributed by atoms with Gasteiger partial charge >= 0.3 is 12.1 Å². The first-order valence-electron chi connectivity index (χ1n) is 4.25. The van der Waals surface area contributed by atoms with E-state index < -0.39 is 36.5 Å². The molecule has 0 aliphatic heterocycles. The number of carbonyl (C=O) groups is 1. The van der Waals surface area contributed by atoms with Gasteiger partial charge in [0.05, 0.1) is 0 Å². The maximum Gasteiger partial charge on any atom is 0.417 e. The number of rotatable bonds is 2. The normalized spacial score (nSPS) is 33.3. The highest BCUT2D eigenvalue weighted by Gasteiger charge is 2.57. The molecule has 2 unspecified atom stereocenters. The first kappa shape index (κ1) is 11.3. The highest BCUT2D eigenvalue weighted by atomic mass is 19.4. The third-order valence-electron chi connectivity index (χ3n) is 2.58. The molecule has 6 heteroatoms. The molecular formula is C8H11F3O3. The number of carboxylic acid groups (broad SMARTS) is 1. The first-order chi connectivity index (χ1) is 6.24. The van der Waals surface area contributed by atoms with Crippen LogP contribution in [0.15, 0.2) is 0 Å². The van der Waals surface area contributed by atoms with Crippen molar-refractivity contribution in [3.8, 4) is 0 Å². The summed E-state index contributed by atoms with van der Waals surface area (Å²) in [4.78, 5) is 10.3.